The Balaban J connectivity index is 3.88. The highest BCUT2D eigenvalue weighted by Gasteiger charge is 2.07. The molecule has 0 aromatic rings. The van der Waals surface area contributed by atoms with Crippen molar-refractivity contribution < 1.29 is 8.42 Å². The standard InChI is InChI=1S/C6H13N3O2S/c1-2-3-4-5-6(8-9-7)12(10)11/h6,12H,2-5H2,1H3. The van der Waals surface area contributed by atoms with Gasteiger partial charge >= 0.3 is 0 Å². The van der Waals surface area contributed by atoms with E-state index in [9.17, 15) is 8.42 Å². The predicted octanol–water partition coefficient (Wildman–Crippen LogP) is 1.81. The van der Waals surface area contributed by atoms with Crippen LogP contribution in [0, 0.1) is 0 Å². The van der Waals surface area contributed by atoms with Crippen molar-refractivity contribution in [1.29, 1.82) is 0 Å². The van der Waals surface area contributed by atoms with E-state index in [4.69, 9.17) is 5.53 Å². The SMILES string of the molecule is CCCCCC(N=[N+]=[N-])[SH](=O)=O. The third-order valence-electron chi connectivity index (χ3n) is 1.49. The summed E-state index contributed by atoms with van der Waals surface area (Å²) in [6.45, 7) is 2.03. The third kappa shape index (κ3) is 4.98. The van der Waals surface area contributed by atoms with Crippen LogP contribution < -0.4 is 0 Å². The molecule has 5 nitrogen and oxygen atoms in total. The first-order valence-corrected chi connectivity index (χ1v) is 5.14. The molecule has 0 radical (unpaired) electrons. The summed E-state index contributed by atoms with van der Waals surface area (Å²) < 4.78 is 20.9. The van der Waals surface area contributed by atoms with E-state index in [1.54, 1.807) is 0 Å². The van der Waals surface area contributed by atoms with Crippen LogP contribution in [0.1, 0.15) is 32.6 Å². The van der Waals surface area contributed by atoms with Crippen LogP contribution in [-0.2, 0) is 10.7 Å². The molecule has 0 aliphatic rings. The third-order valence-corrected chi connectivity index (χ3v) is 2.34. The average Bonchev–Trinajstić information content (AvgIpc) is 2.03. The summed E-state index contributed by atoms with van der Waals surface area (Å²) in [6, 6.07) is 0. The molecule has 0 spiro atoms. The molecule has 1 unspecified atom stereocenters. The molecule has 0 aromatic carbocycles. The number of rotatable bonds is 6. The fourth-order valence-corrected chi connectivity index (χ4v) is 1.37. The maximum atomic E-state index is 10.5. The number of thiol groups is 1. The fraction of sp³-hybridized carbons (Fsp3) is 1.00. The normalized spacial score (nSPS) is 12.5. The van der Waals surface area contributed by atoms with Crippen LogP contribution in [0.15, 0.2) is 5.11 Å². The van der Waals surface area contributed by atoms with E-state index < -0.39 is 16.1 Å². The van der Waals surface area contributed by atoms with Crippen molar-refractivity contribution in [3.63, 3.8) is 0 Å². The van der Waals surface area contributed by atoms with Gasteiger partial charge < -0.3 is 0 Å². The molecule has 12 heavy (non-hydrogen) atoms. The summed E-state index contributed by atoms with van der Waals surface area (Å²) >= 11 is 0. The number of hydrogen-bond acceptors (Lipinski definition) is 3. The van der Waals surface area contributed by atoms with Crippen LogP contribution in [0.3, 0.4) is 0 Å². The van der Waals surface area contributed by atoms with Crippen molar-refractivity contribution >= 4 is 10.7 Å². The van der Waals surface area contributed by atoms with Crippen molar-refractivity contribution in [1.82, 2.24) is 0 Å². The largest absolute Gasteiger partial charge is 0.231 e. The van der Waals surface area contributed by atoms with Crippen LogP contribution in [-0.4, -0.2) is 13.8 Å². The minimum Gasteiger partial charge on any atom is -0.231 e. The Morgan fingerprint density at radius 2 is 2.17 bits per heavy atom. The smallest absolute Gasteiger partial charge is 0.148 e. The first-order valence-electron chi connectivity index (χ1n) is 3.90. The molecular weight excluding hydrogens is 178 g/mol. The van der Waals surface area contributed by atoms with Gasteiger partial charge in [-0.3, -0.25) is 0 Å². The summed E-state index contributed by atoms with van der Waals surface area (Å²) in [5, 5.41) is 2.33. The molecule has 0 saturated carbocycles. The van der Waals surface area contributed by atoms with Gasteiger partial charge in [-0.15, -0.1) is 0 Å². The summed E-state index contributed by atoms with van der Waals surface area (Å²) in [6.07, 6.45) is 3.24. The lowest BCUT2D eigenvalue weighted by atomic mass is 10.2. The van der Waals surface area contributed by atoms with Crippen molar-refractivity contribution in [2.45, 2.75) is 38.0 Å². The van der Waals surface area contributed by atoms with E-state index in [0.717, 1.165) is 19.3 Å². The van der Waals surface area contributed by atoms with Crippen LogP contribution in [0.2, 0.25) is 0 Å². The molecule has 6 heteroatoms. The molecule has 0 fully saturated rings. The maximum Gasteiger partial charge on any atom is 0.148 e. The maximum absolute atomic E-state index is 10.5. The van der Waals surface area contributed by atoms with Gasteiger partial charge in [-0.05, 0) is 12.0 Å². The zero-order valence-electron chi connectivity index (χ0n) is 7.01. The van der Waals surface area contributed by atoms with Gasteiger partial charge in [0.2, 0.25) is 0 Å². The summed E-state index contributed by atoms with van der Waals surface area (Å²) in [7, 11) is -2.61. The molecule has 0 amide bonds. The van der Waals surface area contributed by atoms with Gasteiger partial charge in [0, 0.05) is 4.91 Å². The molecule has 0 N–H and O–H groups in total. The van der Waals surface area contributed by atoms with Crippen molar-refractivity contribution in [2.75, 3.05) is 0 Å². The Morgan fingerprint density at radius 3 is 2.58 bits per heavy atom. The number of hydrogen-bond donors (Lipinski definition) is 1. The van der Waals surface area contributed by atoms with Crippen LogP contribution in [0.4, 0.5) is 0 Å². The van der Waals surface area contributed by atoms with E-state index in [-0.39, 0.29) is 0 Å². The highest BCUT2D eigenvalue weighted by atomic mass is 32.2. The predicted molar refractivity (Wildman–Crippen MR) is 47.4 cm³/mol. The molecule has 0 heterocycles. The zero-order valence-corrected chi connectivity index (χ0v) is 7.91. The minimum absolute atomic E-state index is 0.441. The van der Waals surface area contributed by atoms with Crippen molar-refractivity contribution in [2.24, 2.45) is 5.11 Å². The Kier molecular flexibility index (Phi) is 6.51. The summed E-state index contributed by atoms with van der Waals surface area (Å²) in [5.74, 6) is 0. The zero-order chi connectivity index (χ0) is 9.40. The topological polar surface area (TPSA) is 82.9 Å². The highest BCUT2D eigenvalue weighted by Crippen LogP contribution is 2.07. The second kappa shape index (κ2) is 6.94. The Morgan fingerprint density at radius 1 is 1.50 bits per heavy atom. The Bertz CT molecular complexity index is 225. The van der Waals surface area contributed by atoms with Crippen molar-refractivity contribution in [3.8, 4) is 0 Å². The molecule has 0 aliphatic carbocycles. The van der Waals surface area contributed by atoms with Gasteiger partial charge in [-0.25, -0.2) is 8.42 Å². The van der Waals surface area contributed by atoms with Gasteiger partial charge in [0.1, 0.15) is 16.1 Å². The highest BCUT2D eigenvalue weighted by molar-refractivity contribution is 7.73. The van der Waals surface area contributed by atoms with Crippen LogP contribution >= 0.6 is 0 Å². The molecule has 0 rings (SSSR count). The lowest BCUT2D eigenvalue weighted by Crippen LogP contribution is -2.04. The molecule has 70 valence electrons. The fourth-order valence-electron chi connectivity index (χ4n) is 0.842. The van der Waals surface area contributed by atoms with E-state index in [1.807, 2.05) is 6.92 Å². The molecule has 0 aliphatic heterocycles. The number of nitrogens with zero attached hydrogens (tertiary/aromatic N) is 3. The van der Waals surface area contributed by atoms with E-state index in [2.05, 4.69) is 10.0 Å². The summed E-state index contributed by atoms with van der Waals surface area (Å²) in [5.41, 5.74) is 8.03. The van der Waals surface area contributed by atoms with Crippen LogP contribution in [0.25, 0.3) is 10.4 Å². The first-order chi connectivity index (χ1) is 5.72. The van der Waals surface area contributed by atoms with E-state index >= 15 is 0 Å². The number of azide groups is 1. The van der Waals surface area contributed by atoms with Crippen molar-refractivity contribution in [3.05, 3.63) is 10.4 Å². The van der Waals surface area contributed by atoms with Gasteiger partial charge in [0.15, 0.2) is 0 Å². The Labute approximate surface area is 73.4 Å². The van der Waals surface area contributed by atoms with E-state index in [1.165, 1.54) is 0 Å². The molecule has 0 aromatic heterocycles. The monoisotopic (exact) mass is 191 g/mol. The number of unbranched alkanes of at least 4 members (excludes halogenated alkanes) is 2. The van der Waals surface area contributed by atoms with Gasteiger partial charge in [-0.2, -0.15) is 0 Å². The molecule has 1 atom stereocenters. The first kappa shape index (κ1) is 11.3. The van der Waals surface area contributed by atoms with Crippen LogP contribution in [0.5, 0.6) is 0 Å². The lowest BCUT2D eigenvalue weighted by Gasteiger charge is -2.00. The van der Waals surface area contributed by atoms with Gasteiger partial charge in [-0.1, -0.05) is 31.3 Å². The minimum atomic E-state index is -2.61. The van der Waals surface area contributed by atoms with E-state index in [0.29, 0.717) is 6.42 Å². The summed E-state index contributed by atoms with van der Waals surface area (Å²) in [4.78, 5) is 2.48. The molecule has 0 bridgehead atoms. The quantitative estimate of drug-likeness (QED) is 0.228. The second-order valence-corrected chi connectivity index (χ2v) is 3.63. The van der Waals surface area contributed by atoms with Gasteiger partial charge in [0.05, 0.1) is 0 Å². The van der Waals surface area contributed by atoms with Gasteiger partial charge in [0.25, 0.3) is 0 Å². The average molecular weight is 191 g/mol. The second-order valence-electron chi connectivity index (χ2n) is 2.47. The molecular formula is C6H13N3O2S. The molecule has 0 saturated heterocycles. The lowest BCUT2D eigenvalue weighted by molar-refractivity contribution is 0.579. The Hall–Kier alpha value is -0.740.